The van der Waals surface area contributed by atoms with Crippen LogP contribution in [-0.4, -0.2) is 19.2 Å². The number of hydrogen-bond acceptors (Lipinski definition) is 2. The fourth-order valence-corrected chi connectivity index (χ4v) is 2.99. The van der Waals surface area contributed by atoms with E-state index in [1.165, 1.54) is 30.5 Å². The number of likely N-dealkylation sites (N-methyl/N-ethyl adjacent to an activating group) is 1. The van der Waals surface area contributed by atoms with Gasteiger partial charge in [-0.3, -0.25) is 0 Å². The van der Waals surface area contributed by atoms with Crippen LogP contribution in [-0.2, 0) is 5.41 Å². The summed E-state index contributed by atoms with van der Waals surface area (Å²) in [6, 6.07) is 6.68. The van der Waals surface area contributed by atoms with Crippen molar-refractivity contribution in [1.29, 1.82) is 0 Å². The number of ether oxygens (including phenoxy) is 1. The molecule has 2 heteroatoms. The maximum atomic E-state index is 6.32. The van der Waals surface area contributed by atoms with Crippen molar-refractivity contribution >= 4 is 5.69 Å². The first-order chi connectivity index (χ1) is 8.40. The Hall–Kier alpha value is -1.18. The molecule has 0 amide bonds. The summed E-state index contributed by atoms with van der Waals surface area (Å²) >= 11 is 0. The molecule has 1 aliphatic heterocycles. The lowest BCUT2D eigenvalue weighted by molar-refractivity contribution is -0.00647. The number of nitrogens with zero attached hydrogens (tertiary/aromatic N) is 1. The third kappa shape index (κ3) is 1.79. The predicted molar refractivity (Wildman–Crippen MR) is 75.6 cm³/mol. The zero-order chi connectivity index (χ0) is 13.0. The molecule has 1 saturated carbocycles. The largest absolute Gasteiger partial charge is 0.483 e. The molecule has 2 nitrogen and oxygen atoms in total. The highest BCUT2D eigenvalue weighted by atomic mass is 16.5. The number of fused-ring (bicyclic) bond motifs is 1. The first-order valence-corrected chi connectivity index (χ1v) is 6.94. The van der Waals surface area contributed by atoms with Crippen LogP contribution in [0.25, 0.3) is 0 Å². The van der Waals surface area contributed by atoms with Crippen LogP contribution in [0.15, 0.2) is 18.2 Å². The molecule has 98 valence electrons. The van der Waals surface area contributed by atoms with E-state index >= 15 is 0 Å². The zero-order valence-corrected chi connectivity index (χ0v) is 11.9. The van der Waals surface area contributed by atoms with Crippen molar-refractivity contribution < 1.29 is 4.74 Å². The van der Waals surface area contributed by atoms with E-state index in [9.17, 15) is 0 Å². The van der Waals surface area contributed by atoms with Gasteiger partial charge in [0.15, 0.2) is 0 Å². The standard InChI is InChI=1S/C16H23NO/c1-15(2,3)12-6-7-13-14(10-12)18-16(8-5-9-16)11-17(13)4/h6-7,10H,5,8-9,11H2,1-4H3. The molecular formula is C16H23NO. The van der Waals surface area contributed by atoms with Crippen molar-refractivity contribution in [3.8, 4) is 5.75 Å². The lowest BCUT2D eigenvalue weighted by Crippen LogP contribution is -2.54. The normalized spacial score (nSPS) is 21.2. The molecule has 0 saturated heterocycles. The number of anilines is 1. The summed E-state index contributed by atoms with van der Waals surface area (Å²) in [6.07, 6.45) is 3.72. The first-order valence-electron chi connectivity index (χ1n) is 6.94. The molecule has 0 N–H and O–H groups in total. The van der Waals surface area contributed by atoms with Crippen molar-refractivity contribution in [3.05, 3.63) is 23.8 Å². The first kappa shape index (κ1) is 11.9. The molecule has 1 aromatic carbocycles. The summed E-state index contributed by atoms with van der Waals surface area (Å²) in [5.74, 6) is 1.08. The second kappa shape index (κ2) is 3.66. The highest BCUT2D eigenvalue weighted by Crippen LogP contribution is 2.46. The average Bonchev–Trinajstić information content (AvgIpc) is 2.25. The van der Waals surface area contributed by atoms with Crippen molar-refractivity contribution in [2.45, 2.75) is 51.0 Å². The van der Waals surface area contributed by atoms with E-state index in [0.717, 1.165) is 12.3 Å². The molecular weight excluding hydrogens is 222 g/mol. The smallest absolute Gasteiger partial charge is 0.143 e. The molecule has 3 rings (SSSR count). The van der Waals surface area contributed by atoms with E-state index < -0.39 is 0 Å². The second-order valence-corrected chi connectivity index (χ2v) is 6.93. The SMILES string of the molecule is CN1CC2(CCC2)Oc2cc(C(C)(C)C)ccc21. The molecule has 0 unspecified atom stereocenters. The van der Waals surface area contributed by atoms with E-state index in [1.54, 1.807) is 0 Å². The van der Waals surface area contributed by atoms with Gasteiger partial charge in [-0.1, -0.05) is 26.8 Å². The summed E-state index contributed by atoms with van der Waals surface area (Å²) in [5.41, 5.74) is 2.88. The fourth-order valence-electron chi connectivity index (χ4n) is 2.99. The zero-order valence-electron chi connectivity index (χ0n) is 11.9. The van der Waals surface area contributed by atoms with Crippen LogP contribution in [0.2, 0.25) is 0 Å². The van der Waals surface area contributed by atoms with Gasteiger partial charge in [0, 0.05) is 7.05 Å². The lowest BCUT2D eigenvalue weighted by atomic mass is 9.78. The van der Waals surface area contributed by atoms with Gasteiger partial charge >= 0.3 is 0 Å². The predicted octanol–water partition coefficient (Wildman–Crippen LogP) is 3.74. The third-order valence-corrected chi connectivity index (χ3v) is 4.35. The highest BCUT2D eigenvalue weighted by Gasteiger charge is 2.44. The van der Waals surface area contributed by atoms with Crippen LogP contribution < -0.4 is 9.64 Å². The second-order valence-electron chi connectivity index (χ2n) is 6.93. The summed E-state index contributed by atoms with van der Waals surface area (Å²) in [5, 5.41) is 0. The van der Waals surface area contributed by atoms with E-state index in [0.29, 0.717) is 0 Å². The van der Waals surface area contributed by atoms with E-state index in [2.05, 4.69) is 50.9 Å². The van der Waals surface area contributed by atoms with Crippen LogP contribution in [0, 0.1) is 0 Å². The van der Waals surface area contributed by atoms with Gasteiger partial charge in [0.05, 0.1) is 12.2 Å². The Bertz CT molecular complexity index is 468. The van der Waals surface area contributed by atoms with Crippen molar-refractivity contribution in [1.82, 2.24) is 0 Å². The minimum Gasteiger partial charge on any atom is -0.483 e. The monoisotopic (exact) mass is 245 g/mol. The molecule has 1 aromatic rings. The van der Waals surface area contributed by atoms with Gasteiger partial charge in [0.25, 0.3) is 0 Å². The minimum atomic E-state index is 0.109. The van der Waals surface area contributed by atoms with E-state index in [4.69, 9.17) is 4.74 Å². The van der Waals surface area contributed by atoms with Gasteiger partial charge in [0.1, 0.15) is 11.4 Å². The molecule has 1 fully saturated rings. The van der Waals surface area contributed by atoms with Gasteiger partial charge in [-0.2, -0.15) is 0 Å². The quantitative estimate of drug-likeness (QED) is 0.690. The lowest BCUT2D eigenvalue weighted by Gasteiger charge is -2.48. The van der Waals surface area contributed by atoms with Gasteiger partial charge in [-0.05, 0) is 42.4 Å². The summed E-state index contributed by atoms with van der Waals surface area (Å²) < 4.78 is 6.32. The average molecular weight is 245 g/mol. The molecule has 1 aliphatic carbocycles. The Labute approximate surface area is 110 Å². The molecule has 2 aliphatic rings. The van der Waals surface area contributed by atoms with Crippen LogP contribution in [0.1, 0.15) is 45.6 Å². The fraction of sp³-hybridized carbons (Fsp3) is 0.625. The number of benzene rings is 1. The topological polar surface area (TPSA) is 12.5 Å². The molecule has 1 heterocycles. The molecule has 1 spiro atoms. The van der Waals surface area contributed by atoms with Gasteiger partial charge < -0.3 is 9.64 Å². The van der Waals surface area contributed by atoms with Gasteiger partial charge in [-0.25, -0.2) is 0 Å². The molecule has 18 heavy (non-hydrogen) atoms. The Morgan fingerprint density at radius 2 is 1.94 bits per heavy atom. The summed E-state index contributed by atoms with van der Waals surface area (Å²) in [6.45, 7) is 7.79. The Morgan fingerprint density at radius 1 is 1.22 bits per heavy atom. The Kier molecular flexibility index (Phi) is 2.42. The van der Waals surface area contributed by atoms with Crippen LogP contribution in [0.3, 0.4) is 0 Å². The van der Waals surface area contributed by atoms with Crippen LogP contribution in [0.4, 0.5) is 5.69 Å². The Balaban J connectivity index is 2.00. The third-order valence-electron chi connectivity index (χ3n) is 4.35. The van der Waals surface area contributed by atoms with E-state index in [-0.39, 0.29) is 11.0 Å². The molecule has 0 atom stereocenters. The van der Waals surface area contributed by atoms with Gasteiger partial charge in [0.2, 0.25) is 0 Å². The molecule has 0 radical (unpaired) electrons. The van der Waals surface area contributed by atoms with Crippen molar-refractivity contribution in [2.24, 2.45) is 0 Å². The maximum Gasteiger partial charge on any atom is 0.143 e. The molecule has 0 bridgehead atoms. The van der Waals surface area contributed by atoms with Crippen molar-refractivity contribution in [3.63, 3.8) is 0 Å². The van der Waals surface area contributed by atoms with Gasteiger partial charge in [-0.15, -0.1) is 0 Å². The number of rotatable bonds is 0. The van der Waals surface area contributed by atoms with Crippen LogP contribution in [0.5, 0.6) is 5.75 Å². The van der Waals surface area contributed by atoms with E-state index in [1.807, 2.05) is 0 Å². The van der Waals surface area contributed by atoms with Crippen LogP contribution >= 0.6 is 0 Å². The Morgan fingerprint density at radius 3 is 2.50 bits per heavy atom. The summed E-state index contributed by atoms with van der Waals surface area (Å²) in [4.78, 5) is 2.35. The summed E-state index contributed by atoms with van der Waals surface area (Å²) in [7, 11) is 2.18. The van der Waals surface area contributed by atoms with Crippen molar-refractivity contribution in [2.75, 3.05) is 18.5 Å². The minimum absolute atomic E-state index is 0.109. The maximum absolute atomic E-state index is 6.32. The highest BCUT2D eigenvalue weighted by molar-refractivity contribution is 5.62. The number of hydrogen-bond donors (Lipinski definition) is 0. The molecule has 0 aromatic heterocycles.